The SMILES string of the molecule is CC12CNCCNCC(NC(=O)CCCC(=O)N[C@@H](Cc3ccc(O)cc3)C(=O)CCCCCCC(=O)N[C@@H](CSC3CC(=O)N(CCC(=O)NCCCCC4CC(=O)[C@@H](Cc5ccccc5)NC(=O)[C@@H](CC(=O)O)NC(=O)CNC(=O)[C@H](CCCN=C(N)N)NC4=O)C3=O)C(N)=O)(CNCCNC1)NCCN2. The molecule has 6 rings (SSSR count). The summed E-state index contributed by atoms with van der Waals surface area (Å²) < 4.78 is 0. The van der Waals surface area contributed by atoms with Gasteiger partial charge >= 0.3 is 5.97 Å². The number of primary amides is 1. The van der Waals surface area contributed by atoms with E-state index in [2.05, 4.69) is 86.4 Å². The molecule has 0 radical (unpaired) electrons. The average molecular weight is 1530 g/mol. The number of carboxylic acid groups (broad SMARTS) is 1. The number of thioether (sulfide) groups is 1. The molecular formula is C72H111N19O16S. The van der Waals surface area contributed by atoms with Crippen LogP contribution in [0.1, 0.15) is 134 Å². The number of aromatic hydroxyl groups is 1. The first-order valence-corrected chi connectivity index (χ1v) is 38.3. The number of carbonyl (C=O) groups is 14. The number of fused-ring (bicyclic) bond motifs is 5. The van der Waals surface area contributed by atoms with Crippen molar-refractivity contribution in [3.8, 4) is 5.75 Å². The van der Waals surface area contributed by atoms with Crippen molar-refractivity contribution in [2.24, 2.45) is 28.1 Å². The molecule has 2 bridgehead atoms. The van der Waals surface area contributed by atoms with Gasteiger partial charge in [0.1, 0.15) is 29.5 Å². The molecule has 4 heterocycles. The van der Waals surface area contributed by atoms with Crippen LogP contribution >= 0.6 is 11.8 Å². The Morgan fingerprint density at radius 1 is 0.620 bits per heavy atom. The number of likely N-dealkylation sites (tertiary alicyclic amines) is 1. The molecule has 108 heavy (non-hydrogen) atoms. The van der Waals surface area contributed by atoms with E-state index in [-0.39, 0.29) is 150 Å². The number of phenols is 1. The lowest BCUT2D eigenvalue weighted by atomic mass is 9.90. The molecule has 4 aliphatic heterocycles. The van der Waals surface area contributed by atoms with E-state index in [0.29, 0.717) is 70.5 Å². The third kappa shape index (κ3) is 32.3. The summed E-state index contributed by atoms with van der Waals surface area (Å²) >= 11 is 0.963. The second-order valence-corrected chi connectivity index (χ2v) is 29.3. The summed E-state index contributed by atoms with van der Waals surface area (Å²) in [5.41, 5.74) is 17.0. The minimum absolute atomic E-state index is 0.00366. The molecule has 35 nitrogen and oxygen atoms in total. The van der Waals surface area contributed by atoms with Crippen molar-refractivity contribution in [2.45, 2.75) is 182 Å². The number of aliphatic imine (C=N–C) groups is 1. The molecular weight excluding hydrogens is 1420 g/mol. The normalized spacial score (nSPS) is 22.8. The summed E-state index contributed by atoms with van der Waals surface area (Å²) in [7, 11) is 0. The number of hydrogen-bond acceptors (Lipinski definition) is 23. The number of aliphatic carboxylic acids is 1. The van der Waals surface area contributed by atoms with E-state index in [1.807, 2.05) is 0 Å². The van der Waals surface area contributed by atoms with E-state index in [4.69, 9.17) is 17.2 Å². The quantitative estimate of drug-likeness (QED) is 0.0133. The van der Waals surface area contributed by atoms with E-state index in [1.54, 1.807) is 42.5 Å². The molecule has 22 N–H and O–H groups in total. The lowest BCUT2D eigenvalue weighted by Crippen LogP contribution is -2.70. The zero-order valence-electron chi connectivity index (χ0n) is 61.6. The van der Waals surface area contributed by atoms with Crippen molar-refractivity contribution >= 4 is 100 Å². The number of carboxylic acids is 1. The lowest BCUT2D eigenvalue weighted by molar-refractivity contribution is -0.141. The Labute approximate surface area is 633 Å². The molecule has 4 fully saturated rings. The predicted molar refractivity (Wildman–Crippen MR) is 401 cm³/mol. The number of guanidine groups is 1. The minimum atomic E-state index is -1.64. The number of nitrogens with one attached hydrogen (secondary N) is 14. The number of phenolic OH excluding ortho intramolecular Hbond substituents is 1. The van der Waals surface area contributed by atoms with E-state index in [0.717, 1.165) is 48.4 Å². The highest BCUT2D eigenvalue weighted by atomic mass is 32.2. The van der Waals surface area contributed by atoms with E-state index < -0.39 is 131 Å². The van der Waals surface area contributed by atoms with Gasteiger partial charge in [-0.2, -0.15) is 0 Å². The van der Waals surface area contributed by atoms with Gasteiger partial charge in [-0.1, -0.05) is 61.7 Å². The number of unbranched alkanes of at least 4 members (excludes halogenated alkanes) is 4. The zero-order chi connectivity index (χ0) is 78.4. The number of nitrogens with zero attached hydrogens (tertiary/aromatic N) is 2. The van der Waals surface area contributed by atoms with Gasteiger partial charge in [0.05, 0.1) is 30.3 Å². The maximum atomic E-state index is 14.3. The first kappa shape index (κ1) is 87.7. The van der Waals surface area contributed by atoms with E-state index in [1.165, 1.54) is 12.1 Å². The van der Waals surface area contributed by atoms with Gasteiger partial charge in [-0.05, 0) is 88.0 Å². The van der Waals surface area contributed by atoms with Gasteiger partial charge in [-0.3, -0.25) is 82.3 Å². The number of Topliss-reactive ketones (excluding diaryl/α,β-unsaturated/α-hetero) is 2. The molecule has 11 amide bonds. The first-order chi connectivity index (χ1) is 51.7. The van der Waals surface area contributed by atoms with Crippen LogP contribution in [0.25, 0.3) is 0 Å². The van der Waals surface area contributed by atoms with Crippen LogP contribution in [-0.4, -0.2) is 248 Å². The van der Waals surface area contributed by atoms with Crippen molar-refractivity contribution in [3.63, 3.8) is 0 Å². The number of hydrogen-bond donors (Lipinski definition) is 19. The second kappa shape index (κ2) is 46.2. The van der Waals surface area contributed by atoms with Crippen LogP contribution in [0.3, 0.4) is 0 Å². The van der Waals surface area contributed by atoms with E-state index >= 15 is 0 Å². The van der Waals surface area contributed by atoms with Crippen molar-refractivity contribution in [1.82, 2.24) is 79.3 Å². The third-order valence-corrected chi connectivity index (χ3v) is 20.2. The van der Waals surface area contributed by atoms with Crippen LogP contribution in [-0.2, 0) is 80.0 Å². The smallest absolute Gasteiger partial charge is 0.305 e. The Kier molecular flexibility index (Phi) is 37.5. The van der Waals surface area contributed by atoms with E-state index in [9.17, 15) is 77.3 Å². The van der Waals surface area contributed by atoms with Crippen LogP contribution < -0.4 is 91.6 Å². The first-order valence-electron chi connectivity index (χ1n) is 37.3. The summed E-state index contributed by atoms with van der Waals surface area (Å²) in [6.07, 6.45) is 1.45. The van der Waals surface area contributed by atoms with Crippen LogP contribution in [0.4, 0.5) is 0 Å². The number of rotatable bonds is 37. The molecule has 0 spiro atoms. The van der Waals surface area contributed by atoms with Gasteiger partial charge < -0.3 is 96.5 Å². The Hall–Kier alpha value is -9.20. The molecule has 4 aliphatic rings. The van der Waals surface area contributed by atoms with Crippen molar-refractivity contribution in [1.29, 1.82) is 0 Å². The number of nitrogens with two attached hydrogens (primary N) is 3. The summed E-state index contributed by atoms with van der Waals surface area (Å²) in [6, 6.07) is 8.67. The van der Waals surface area contributed by atoms with Gasteiger partial charge in [0.25, 0.3) is 0 Å². The summed E-state index contributed by atoms with van der Waals surface area (Å²) in [4.78, 5) is 192. The highest BCUT2D eigenvalue weighted by Crippen LogP contribution is 2.27. The maximum Gasteiger partial charge on any atom is 0.305 e. The highest BCUT2D eigenvalue weighted by molar-refractivity contribution is 8.00. The number of benzene rings is 2. The summed E-state index contributed by atoms with van der Waals surface area (Å²) in [5.74, 6) is -10.6. The van der Waals surface area contributed by atoms with Gasteiger partial charge in [0, 0.05) is 147 Å². The molecule has 596 valence electrons. The van der Waals surface area contributed by atoms with Crippen LogP contribution in [0.15, 0.2) is 59.6 Å². The standard InChI is InChI=1S/C72H111N19O16S/c1-71-42-76-28-30-78-44-72(84-33-32-83-71,45-79-31-29-77-43-71)90-61(98)20-11-19-60(97)85-51(36-47-21-23-49(92)24-22-47)55(93)17-7-2-3-8-18-59(96)87-54(65(73)103)41-108-57-39-63(100)91(69(57)107)34-25-58(95)80-26-10-9-15-48-37-56(94)52(35-46-13-5-4-6-14-46)89-68(106)53(38-64(101)102)86-62(99)40-82-67(105)50(88-66(48)104)16-12-27-81-70(74)75/h4-6,13-14,21-24,48,50-54,57,76-79,83-84,92H,2-3,7-12,15-20,25-45H2,1H3,(H2,73,103)(H,80,95)(H,82,105)(H,85,97)(H,86,99)(H,87,96)(H,88,104)(H,89,106)(H,90,98)(H,101,102)(H4,74,75,81)/t48?,50-,51-,52+,53+,54-,57?,71?,72?/m0/s1. The molecule has 36 heteroatoms. The topological polar surface area (TPSA) is 542 Å². The maximum absolute atomic E-state index is 14.3. The van der Waals surface area contributed by atoms with Gasteiger partial charge in [0.15, 0.2) is 17.5 Å². The molecule has 0 saturated carbocycles. The summed E-state index contributed by atoms with van der Waals surface area (Å²) in [6.45, 7) is 8.01. The molecule has 2 unspecified atom stereocenters. The minimum Gasteiger partial charge on any atom is -0.508 e. The number of imide groups is 1. The Morgan fingerprint density at radius 3 is 1.92 bits per heavy atom. The molecule has 7 atom stereocenters. The number of carbonyl (C=O) groups excluding carboxylic acids is 13. The molecule has 2 aromatic carbocycles. The van der Waals surface area contributed by atoms with Crippen molar-refractivity contribution in [2.75, 3.05) is 97.4 Å². The Morgan fingerprint density at radius 2 is 1.25 bits per heavy atom. The van der Waals surface area contributed by atoms with Crippen LogP contribution in [0.2, 0.25) is 0 Å². The Bertz CT molecular complexity index is 3390. The van der Waals surface area contributed by atoms with Crippen LogP contribution in [0.5, 0.6) is 5.75 Å². The average Bonchev–Trinajstić information content (AvgIpc) is 1.65. The highest BCUT2D eigenvalue weighted by Gasteiger charge is 2.41. The van der Waals surface area contributed by atoms with Gasteiger partial charge in [-0.25, -0.2) is 0 Å². The van der Waals surface area contributed by atoms with Crippen molar-refractivity contribution in [3.05, 3.63) is 65.7 Å². The number of amides is 11. The van der Waals surface area contributed by atoms with Gasteiger partial charge in [0.2, 0.25) is 65.0 Å². The fourth-order valence-corrected chi connectivity index (χ4v) is 14.1. The number of ketones is 2. The van der Waals surface area contributed by atoms with Crippen molar-refractivity contribution < 1.29 is 77.3 Å². The summed E-state index contributed by atoms with van der Waals surface area (Å²) in [5, 5.41) is 61.2. The fraction of sp³-hybridized carbons (Fsp3) is 0.625. The van der Waals surface area contributed by atoms with Gasteiger partial charge in [-0.15, -0.1) is 11.8 Å². The zero-order valence-corrected chi connectivity index (χ0v) is 62.4. The predicted octanol–water partition coefficient (Wildman–Crippen LogP) is -3.93. The second-order valence-electron chi connectivity index (χ2n) is 28.1. The lowest BCUT2D eigenvalue weighted by Gasteiger charge is -2.39. The molecule has 0 aliphatic carbocycles. The largest absolute Gasteiger partial charge is 0.508 e. The monoisotopic (exact) mass is 1530 g/mol. The third-order valence-electron chi connectivity index (χ3n) is 18.9. The Balaban J connectivity index is 0.920. The van der Waals surface area contributed by atoms with Crippen LogP contribution in [0, 0.1) is 5.92 Å². The molecule has 2 aromatic rings. The molecule has 4 saturated heterocycles. The molecule has 0 aromatic heterocycles. The fourth-order valence-electron chi connectivity index (χ4n) is 12.9.